The highest BCUT2D eigenvalue weighted by Crippen LogP contribution is 2.36. The van der Waals surface area contributed by atoms with Gasteiger partial charge in [0.25, 0.3) is 5.91 Å². The van der Waals surface area contributed by atoms with E-state index in [2.05, 4.69) is 12.2 Å². The number of aryl methyl sites for hydroxylation is 1. The average Bonchev–Trinajstić information content (AvgIpc) is 2.72. The summed E-state index contributed by atoms with van der Waals surface area (Å²) in [6.45, 7) is 3.56. The first-order valence-corrected chi connectivity index (χ1v) is 9.45. The minimum absolute atomic E-state index is 0.349. The second-order valence-electron chi connectivity index (χ2n) is 6.19. The number of benzene rings is 2. The number of esters is 1. The molecule has 0 spiro atoms. The number of ether oxygens (including phenoxy) is 3. The molecule has 0 aromatic heterocycles. The molecule has 1 amide bonds. The quantitative estimate of drug-likeness (QED) is 0.505. The molecule has 0 aliphatic heterocycles. The summed E-state index contributed by atoms with van der Waals surface area (Å²) in [6, 6.07) is 10.8. The molecule has 0 radical (unpaired) electrons. The normalized spacial score (nSPS) is 11.8. The van der Waals surface area contributed by atoms with Crippen LogP contribution in [-0.4, -0.2) is 32.2 Å². The van der Waals surface area contributed by atoms with Crippen LogP contribution in [-0.2, 0) is 20.7 Å². The number of carbonyl (C=O) groups excluding carboxylic acids is 2. The SMILES string of the molecule is CCc1ccc(NC(=O)[C@@H](C)OC(=O)/C=C/c2cc(Cl)c(OC)c(OC)c2)cc1. The molecule has 0 heterocycles. The summed E-state index contributed by atoms with van der Waals surface area (Å²) >= 11 is 6.14. The Morgan fingerprint density at radius 1 is 1.14 bits per heavy atom. The molecule has 154 valence electrons. The molecule has 0 fully saturated rings. The van der Waals surface area contributed by atoms with E-state index in [1.807, 2.05) is 24.3 Å². The lowest BCUT2D eigenvalue weighted by atomic mass is 10.1. The van der Waals surface area contributed by atoms with Crippen molar-refractivity contribution >= 4 is 35.2 Å². The Hall–Kier alpha value is -2.99. The van der Waals surface area contributed by atoms with Crippen LogP contribution in [0.15, 0.2) is 42.5 Å². The van der Waals surface area contributed by atoms with Gasteiger partial charge in [0, 0.05) is 11.8 Å². The van der Waals surface area contributed by atoms with Gasteiger partial charge in [-0.25, -0.2) is 4.79 Å². The van der Waals surface area contributed by atoms with Gasteiger partial charge in [0.1, 0.15) is 0 Å². The minimum atomic E-state index is -0.952. The minimum Gasteiger partial charge on any atom is -0.493 e. The summed E-state index contributed by atoms with van der Waals surface area (Å²) in [4.78, 5) is 24.3. The Labute approximate surface area is 175 Å². The van der Waals surface area contributed by atoms with Crippen LogP contribution in [0.25, 0.3) is 6.08 Å². The summed E-state index contributed by atoms with van der Waals surface area (Å²) in [5.74, 6) is -0.217. The average molecular weight is 418 g/mol. The smallest absolute Gasteiger partial charge is 0.331 e. The van der Waals surface area contributed by atoms with Crippen LogP contribution in [0.1, 0.15) is 25.0 Å². The summed E-state index contributed by atoms with van der Waals surface area (Å²) in [5.41, 5.74) is 2.44. The number of nitrogens with one attached hydrogen (secondary N) is 1. The lowest BCUT2D eigenvalue weighted by Crippen LogP contribution is -2.29. The highest BCUT2D eigenvalue weighted by Gasteiger charge is 2.17. The van der Waals surface area contributed by atoms with Crippen LogP contribution in [0.3, 0.4) is 0 Å². The molecular weight excluding hydrogens is 394 g/mol. The van der Waals surface area contributed by atoms with Gasteiger partial charge < -0.3 is 19.5 Å². The van der Waals surface area contributed by atoms with E-state index in [0.717, 1.165) is 6.42 Å². The standard InChI is InChI=1S/C22H24ClNO5/c1-5-15-6-9-17(10-7-15)24-22(26)14(2)29-20(25)11-8-16-12-18(23)21(28-4)19(13-16)27-3/h6-14H,5H2,1-4H3,(H,24,26)/b11-8+/t14-/m1/s1. The molecule has 7 heteroatoms. The van der Waals surface area contributed by atoms with Gasteiger partial charge in [-0.1, -0.05) is 30.7 Å². The number of anilines is 1. The second kappa shape index (κ2) is 10.5. The van der Waals surface area contributed by atoms with Gasteiger partial charge >= 0.3 is 5.97 Å². The molecule has 0 saturated carbocycles. The first kappa shape index (κ1) is 22.3. The lowest BCUT2D eigenvalue weighted by Gasteiger charge is -2.13. The van der Waals surface area contributed by atoms with Crippen molar-refractivity contribution in [2.75, 3.05) is 19.5 Å². The Morgan fingerprint density at radius 2 is 1.83 bits per heavy atom. The Morgan fingerprint density at radius 3 is 2.41 bits per heavy atom. The fourth-order valence-corrected chi connectivity index (χ4v) is 2.83. The van der Waals surface area contributed by atoms with Crippen LogP contribution in [0.5, 0.6) is 11.5 Å². The molecule has 1 atom stereocenters. The lowest BCUT2D eigenvalue weighted by molar-refractivity contribution is -0.148. The van der Waals surface area contributed by atoms with Gasteiger partial charge in [-0.3, -0.25) is 4.79 Å². The number of hydrogen-bond donors (Lipinski definition) is 1. The van der Waals surface area contributed by atoms with Crippen molar-refractivity contribution in [1.29, 1.82) is 0 Å². The number of hydrogen-bond acceptors (Lipinski definition) is 5. The number of methoxy groups -OCH3 is 2. The summed E-state index contributed by atoms with van der Waals surface area (Å²) in [5, 5.41) is 3.07. The predicted octanol–water partition coefficient (Wildman–Crippen LogP) is 4.50. The van der Waals surface area contributed by atoms with Crippen molar-refractivity contribution in [3.8, 4) is 11.5 Å². The fourth-order valence-electron chi connectivity index (χ4n) is 2.53. The van der Waals surface area contributed by atoms with E-state index in [9.17, 15) is 9.59 Å². The highest BCUT2D eigenvalue weighted by molar-refractivity contribution is 6.32. The number of halogens is 1. The summed E-state index contributed by atoms with van der Waals surface area (Å²) in [6.07, 6.45) is 2.70. The third kappa shape index (κ3) is 6.26. The molecule has 0 aliphatic rings. The van der Waals surface area contributed by atoms with E-state index in [4.69, 9.17) is 25.8 Å². The van der Waals surface area contributed by atoms with Gasteiger partial charge in [0.15, 0.2) is 17.6 Å². The monoisotopic (exact) mass is 417 g/mol. The molecule has 2 rings (SSSR count). The van der Waals surface area contributed by atoms with Crippen molar-refractivity contribution in [3.63, 3.8) is 0 Å². The van der Waals surface area contributed by atoms with Crippen molar-refractivity contribution in [2.45, 2.75) is 26.4 Å². The van der Waals surface area contributed by atoms with Gasteiger partial charge in [-0.05, 0) is 54.8 Å². The van der Waals surface area contributed by atoms with E-state index in [0.29, 0.717) is 27.8 Å². The van der Waals surface area contributed by atoms with E-state index in [-0.39, 0.29) is 0 Å². The molecule has 29 heavy (non-hydrogen) atoms. The molecule has 1 N–H and O–H groups in total. The molecule has 2 aromatic rings. The first-order valence-electron chi connectivity index (χ1n) is 9.08. The molecule has 0 bridgehead atoms. The third-order valence-electron chi connectivity index (χ3n) is 4.16. The van der Waals surface area contributed by atoms with Crippen molar-refractivity contribution in [3.05, 3.63) is 58.6 Å². The van der Waals surface area contributed by atoms with Crippen molar-refractivity contribution in [1.82, 2.24) is 0 Å². The third-order valence-corrected chi connectivity index (χ3v) is 4.44. The second-order valence-corrected chi connectivity index (χ2v) is 6.60. The Bertz CT molecular complexity index is 893. The van der Waals surface area contributed by atoms with E-state index in [1.54, 1.807) is 12.1 Å². The molecule has 0 unspecified atom stereocenters. The largest absolute Gasteiger partial charge is 0.493 e. The zero-order valence-corrected chi connectivity index (χ0v) is 17.6. The topological polar surface area (TPSA) is 73.9 Å². The Balaban J connectivity index is 1.96. The molecule has 0 aliphatic carbocycles. The van der Waals surface area contributed by atoms with Crippen LogP contribution in [0.2, 0.25) is 5.02 Å². The Kier molecular flexibility index (Phi) is 8.09. The zero-order chi connectivity index (χ0) is 21.4. The number of rotatable bonds is 8. The van der Waals surface area contributed by atoms with Gasteiger partial charge in [-0.15, -0.1) is 0 Å². The molecule has 2 aromatic carbocycles. The maximum absolute atomic E-state index is 12.2. The van der Waals surface area contributed by atoms with Crippen LogP contribution >= 0.6 is 11.6 Å². The van der Waals surface area contributed by atoms with Gasteiger partial charge in [0.05, 0.1) is 19.2 Å². The van der Waals surface area contributed by atoms with Gasteiger partial charge in [0.2, 0.25) is 0 Å². The fraction of sp³-hybridized carbons (Fsp3) is 0.273. The predicted molar refractivity (Wildman–Crippen MR) is 114 cm³/mol. The van der Waals surface area contributed by atoms with Crippen LogP contribution in [0.4, 0.5) is 5.69 Å². The van der Waals surface area contributed by atoms with Gasteiger partial charge in [-0.2, -0.15) is 0 Å². The molecule has 6 nitrogen and oxygen atoms in total. The maximum atomic E-state index is 12.2. The zero-order valence-electron chi connectivity index (χ0n) is 16.8. The molecule has 0 saturated heterocycles. The van der Waals surface area contributed by atoms with Crippen LogP contribution < -0.4 is 14.8 Å². The number of amides is 1. The van der Waals surface area contributed by atoms with Crippen molar-refractivity contribution < 1.29 is 23.8 Å². The summed E-state index contributed by atoms with van der Waals surface area (Å²) in [7, 11) is 2.98. The highest BCUT2D eigenvalue weighted by atomic mass is 35.5. The van der Waals surface area contributed by atoms with Crippen molar-refractivity contribution in [2.24, 2.45) is 0 Å². The number of carbonyl (C=O) groups is 2. The molecular formula is C22H24ClNO5. The maximum Gasteiger partial charge on any atom is 0.331 e. The van der Waals surface area contributed by atoms with E-state index >= 15 is 0 Å². The van der Waals surface area contributed by atoms with E-state index < -0.39 is 18.0 Å². The van der Waals surface area contributed by atoms with Crippen LogP contribution in [0, 0.1) is 0 Å². The first-order chi connectivity index (χ1) is 13.9. The summed E-state index contributed by atoms with van der Waals surface area (Å²) < 4.78 is 15.5. The van der Waals surface area contributed by atoms with E-state index in [1.165, 1.54) is 38.9 Å².